The number of aromatic nitrogens is 2. The van der Waals surface area contributed by atoms with E-state index in [-0.39, 0.29) is 12.1 Å². The molecule has 0 atom stereocenters. The quantitative estimate of drug-likeness (QED) is 0.120. The monoisotopic (exact) mass is 606 g/mol. The van der Waals surface area contributed by atoms with E-state index in [0.717, 1.165) is 79.0 Å². The lowest BCUT2D eigenvalue weighted by molar-refractivity contribution is 0.0800. The fourth-order valence-corrected chi connectivity index (χ4v) is 5.37. The van der Waals surface area contributed by atoms with Gasteiger partial charge in [-0.05, 0) is 85.8 Å². The number of aliphatic hydroxyl groups excluding tert-OH is 1. The van der Waals surface area contributed by atoms with Gasteiger partial charge in [-0.25, -0.2) is 14.8 Å². The molecule has 45 heavy (non-hydrogen) atoms. The number of piperidine rings is 1. The van der Waals surface area contributed by atoms with Gasteiger partial charge in [0, 0.05) is 43.1 Å². The SMILES string of the molecule is O=C(Nc1ccccc1)Nc1ccc(CCNc2ncnc3oc(-c4ccc(OCCCN5CCC(O)CC5)cc4)cc23)cc1. The molecular weight excluding hydrogens is 568 g/mol. The van der Waals surface area contributed by atoms with Crippen molar-refractivity contribution in [2.45, 2.75) is 31.8 Å². The van der Waals surface area contributed by atoms with Crippen molar-refractivity contribution in [3.63, 3.8) is 0 Å². The van der Waals surface area contributed by atoms with E-state index in [0.29, 0.717) is 30.4 Å². The van der Waals surface area contributed by atoms with E-state index >= 15 is 0 Å². The van der Waals surface area contributed by atoms with Gasteiger partial charge in [-0.2, -0.15) is 0 Å². The first-order chi connectivity index (χ1) is 22.1. The van der Waals surface area contributed by atoms with Crippen LogP contribution in [0.1, 0.15) is 24.8 Å². The fraction of sp³-hybridized carbons (Fsp3) is 0.286. The summed E-state index contributed by atoms with van der Waals surface area (Å²) in [7, 11) is 0. The van der Waals surface area contributed by atoms with Gasteiger partial charge in [0.25, 0.3) is 0 Å². The first-order valence-electron chi connectivity index (χ1n) is 15.4. The standard InChI is InChI=1S/C35H38N6O4/c42-29-16-20-41(21-17-29)19-4-22-44-30-13-9-26(10-14-30)32-23-31-33(37-24-38-34(31)45-32)36-18-15-25-7-11-28(12-8-25)40-35(43)39-27-5-2-1-3-6-27/h1-3,5-14,23-24,29,42H,4,15-22H2,(H,36,37,38)(H2,39,40,43). The first kappa shape index (κ1) is 30.1. The van der Waals surface area contributed by atoms with Gasteiger partial charge in [0.1, 0.15) is 23.7 Å². The third-order valence-corrected chi connectivity index (χ3v) is 7.86. The van der Waals surface area contributed by atoms with Gasteiger partial charge >= 0.3 is 6.03 Å². The molecule has 0 spiro atoms. The van der Waals surface area contributed by atoms with Gasteiger partial charge in [-0.3, -0.25) is 0 Å². The number of furan rings is 1. The highest BCUT2D eigenvalue weighted by atomic mass is 16.5. The van der Waals surface area contributed by atoms with Crippen LogP contribution in [0, 0.1) is 0 Å². The van der Waals surface area contributed by atoms with Gasteiger partial charge < -0.3 is 35.1 Å². The number of hydrogen-bond acceptors (Lipinski definition) is 8. The number of fused-ring (bicyclic) bond motifs is 1. The van der Waals surface area contributed by atoms with Gasteiger partial charge in [0.15, 0.2) is 0 Å². The molecule has 0 unspecified atom stereocenters. The Morgan fingerprint density at radius 3 is 2.42 bits per heavy atom. The van der Waals surface area contributed by atoms with Crippen LogP contribution in [0.3, 0.4) is 0 Å². The number of amides is 2. The Morgan fingerprint density at radius 2 is 1.67 bits per heavy atom. The van der Waals surface area contributed by atoms with Crippen LogP contribution < -0.4 is 20.7 Å². The number of rotatable bonds is 12. The second-order valence-corrected chi connectivity index (χ2v) is 11.2. The van der Waals surface area contributed by atoms with Crippen molar-refractivity contribution < 1.29 is 19.1 Å². The molecule has 1 saturated heterocycles. The number of benzene rings is 3. The molecule has 2 amide bonds. The van der Waals surface area contributed by atoms with E-state index in [2.05, 4.69) is 30.8 Å². The zero-order chi connectivity index (χ0) is 30.8. The third-order valence-electron chi connectivity index (χ3n) is 7.86. The summed E-state index contributed by atoms with van der Waals surface area (Å²) in [5.74, 6) is 2.26. The number of aliphatic hydroxyl groups is 1. The second-order valence-electron chi connectivity index (χ2n) is 11.2. The number of carbonyl (C=O) groups excluding carboxylic acids is 1. The second kappa shape index (κ2) is 14.7. The lowest BCUT2D eigenvalue weighted by Crippen LogP contribution is -2.36. The van der Waals surface area contributed by atoms with Crippen molar-refractivity contribution >= 4 is 34.3 Å². The predicted octanol–water partition coefficient (Wildman–Crippen LogP) is 6.41. The molecular formula is C35H38N6O4. The van der Waals surface area contributed by atoms with Crippen molar-refractivity contribution in [3.8, 4) is 17.1 Å². The average Bonchev–Trinajstić information content (AvgIpc) is 3.51. The predicted molar refractivity (Wildman–Crippen MR) is 177 cm³/mol. The Balaban J connectivity index is 0.975. The maximum Gasteiger partial charge on any atom is 0.323 e. The highest BCUT2D eigenvalue weighted by Gasteiger charge is 2.16. The van der Waals surface area contributed by atoms with Crippen molar-refractivity contribution in [3.05, 3.63) is 96.8 Å². The molecule has 1 fully saturated rings. The Morgan fingerprint density at radius 1 is 0.933 bits per heavy atom. The molecule has 10 nitrogen and oxygen atoms in total. The molecule has 6 rings (SSSR count). The topological polar surface area (TPSA) is 125 Å². The molecule has 10 heteroatoms. The van der Waals surface area contributed by atoms with Crippen LogP contribution in [0.25, 0.3) is 22.4 Å². The van der Waals surface area contributed by atoms with Crippen LogP contribution in [0.15, 0.2) is 95.7 Å². The Kier molecular flexibility index (Phi) is 9.83. The molecule has 5 aromatic rings. The fourth-order valence-electron chi connectivity index (χ4n) is 5.37. The van der Waals surface area contributed by atoms with E-state index in [4.69, 9.17) is 9.15 Å². The number of nitrogens with zero attached hydrogens (tertiary/aromatic N) is 3. The number of nitrogens with one attached hydrogen (secondary N) is 3. The van der Waals surface area contributed by atoms with Gasteiger partial charge in [0.2, 0.25) is 5.71 Å². The summed E-state index contributed by atoms with van der Waals surface area (Å²) in [6, 6.07) is 26.7. The van der Waals surface area contributed by atoms with Crippen molar-refractivity contribution in [2.75, 3.05) is 48.7 Å². The van der Waals surface area contributed by atoms with Crippen LogP contribution in [0.4, 0.5) is 22.0 Å². The lowest BCUT2D eigenvalue weighted by Gasteiger charge is -2.29. The molecule has 3 aromatic carbocycles. The highest BCUT2D eigenvalue weighted by Crippen LogP contribution is 2.31. The van der Waals surface area contributed by atoms with Gasteiger partial charge in [-0.15, -0.1) is 0 Å². The van der Waals surface area contributed by atoms with E-state index in [1.165, 1.54) is 6.33 Å². The van der Waals surface area contributed by atoms with E-state index < -0.39 is 0 Å². The molecule has 0 aliphatic carbocycles. The smallest absolute Gasteiger partial charge is 0.323 e. The summed E-state index contributed by atoms with van der Waals surface area (Å²) in [4.78, 5) is 23.4. The molecule has 232 valence electrons. The van der Waals surface area contributed by atoms with Crippen molar-refractivity contribution in [1.82, 2.24) is 14.9 Å². The molecule has 0 bridgehead atoms. The van der Waals surface area contributed by atoms with Gasteiger partial charge in [0.05, 0.1) is 18.1 Å². The summed E-state index contributed by atoms with van der Waals surface area (Å²) in [6.45, 7) is 4.22. The van der Waals surface area contributed by atoms with Crippen molar-refractivity contribution in [1.29, 1.82) is 0 Å². The summed E-state index contributed by atoms with van der Waals surface area (Å²) >= 11 is 0. The first-order valence-corrected chi connectivity index (χ1v) is 15.4. The van der Waals surface area contributed by atoms with Crippen LogP contribution >= 0.6 is 0 Å². The maximum absolute atomic E-state index is 12.2. The number of ether oxygens (including phenoxy) is 1. The molecule has 0 saturated carbocycles. The zero-order valence-corrected chi connectivity index (χ0v) is 25.1. The average molecular weight is 607 g/mol. The van der Waals surface area contributed by atoms with Crippen molar-refractivity contribution in [2.24, 2.45) is 0 Å². The zero-order valence-electron chi connectivity index (χ0n) is 25.1. The Bertz CT molecular complexity index is 1670. The van der Waals surface area contributed by atoms with Gasteiger partial charge in [-0.1, -0.05) is 30.3 Å². The number of para-hydroxylation sites is 1. The minimum absolute atomic E-state index is 0.139. The number of anilines is 3. The lowest BCUT2D eigenvalue weighted by atomic mass is 10.1. The van der Waals surface area contributed by atoms with E-state index in [1.54, 1.807) is 0 Å². The molecule has 2 aromatic heterocycles. The number of hydrogen-bond donors (Lipinski definition) is 4. The number of likely N-dealkylation sites (tertiary alicyclic amines) is 1. The number of carbonyl (C=O) groups is 1. The van der Waals surface area contributed by atoms with Crippen LogP contribution in [-0.4, -0.2) is 64.9 Å². The normalized spacial score (nSPS) is 13.9. The Hall–Kier alpha value is -4.93. The van der Waals surface area contributed by atoms with Crippen LogP contribution in [0.5, 0.6) is 5.75 Å². The summed E-state index contributed by atoms with van der Waals surface area (Å²) in [5.41, 5.74) is 4.05. The maximum atomic E-state index is 12.2. The summed E-state index contributed by atoms with van der Waals surface area (Å²) in [5, 5.41) is 19.6. The minimum Gasteiger partial charge on any atom is -0.494 e. The van der Waals surface area contributed by atoms with E-state index in [1.807, 2.05) is 84.9 Å². The highest BCUT2D eigenvalue weighted by molar-refractivity contribution is 5.99. The summed E-state index contributed by atoms with van der Waals surface area (Å²) < 4.78 is 12.0. The molecule has 3 heterocycles. The molecule has 0 radical (unpaired) electrons. The molecule has 1 aliphatic heterocycles. The molecule has 1 aliphatic rings. The third kappa shape index (κ3) is 8.37. The number of urea groups is 1. The van der Waals surface area contributed by atoms with Crippen LogP contribution in [0.2, 0.25) is 0 Å². The summed E-state index contributed by atoms with van der Waals surface area (Å²) in [6.07, 6.45) is 4.81. The largest absolute Gasteiger partial charge is 0.494 e. The Labute approximate surface area is 262 Å². The van der Waals surface area contributed by atoms with E-state index in [9.17, 15) is 9.90 Å². The molecule has 4 N–H and O–H groups in total. The van der Waals surface area contributed by atoms with Crippen LogP contribution in [-0.2, 0) is 6.42 Å². The minimum atomic E-state index is -0.283.